The number of nitrogens with zero attached hydrogens (tertiary/aromatic N) is 1. The molecule has 6 nitrogen and oxygen atoms in total. The van der Waals surface area contributed by atoms with Crippen molar-refractivity contribution < 1.29 is 19.8 Å². The molecular weight excluding hydrogens is 176 g/mol. The predicted molar refractivity (Wildman–Crippen MR) is 43.1 cm³/mol. The molecule has 1 aliphatic rings. The van der Waals surface area contributed by atoms with Crippen LogP contribution in [0.5, 0.6) is 0 Å². The largest absolute Gasteiger partial charge is 0.492 e. The maximum absolute atomic E-state index is 10.3. The molecular formula is C7H12N2O4. The number of carbonyl (C=O) groups is 1. The first kappa shape index (κ1) is 9.82. The molecule has 0 aromatic carbocycles. The fraction of sp³-hybridized carbons (Fsp3) is 0.571. The van der Waals surface area contributed by atoms with Crippen LogP contribution in [0.25, 0.3) is 0 Å². The van der Waals surface area contributed by atoms with Crippen LogP contribution in [0.15, 0.2) is 11.5 Å². The molecule has 4 N–H and O–H groups in total. The monoisotopic (exact) mass is 188 g/mol. The van der Waals surface area contributed by atoms with E-state index in [-0.39, 0.29) is 24.8 Å². The predicted octanol–water partition coefficient (Wildman–Crippen LogP) is 0.130. The number of aliphatic carboxylic acids is 1. The third kappa shape index (κ3) is 2.10. The SMILES string of the molecule is CC1ON(N)C(O)=C1CCC(=O)O. The lowest BCUT2D eigenvalue weighted by molar-refractivity contribution is -0.155. The third-order valence-electron chi connectivity index (χ3n) is 1.87. The van der Waals surface area contributed by atoms with E-state index >= 15 is 0 Å². The van der Waals surface area contributed by atoms with Crippen LogP contribution < -0.4 is 5.84 Å². The highest BCUT2D eigenvalue weighted by atomic mass is 16.7. The number of hydrogen-bond donors (Lipinski definition) is 3. The average molecular weight is 188 g/mol. The Morgan fingerprint density at radius 1 is 1.77 bits per heavy atom. The molecule has 0 amide bonds. The summed E-state index contributed by atoms with van der Waals surface area (Å²) < 4.78 is 0. The highest BCUT2D eigenvalue weighted by Gasteiger charge is 2.28. The van der Waals surface area contributed by atoms with Crippen LogP contribution in [0.2, 0.25) is 0 Å². The average Bonchev–Trinajstić information content (AvgIpc) is 2.24. The summed E-state index contributed by atoms with van der Waals surface area (Å²) in [5.41, 5.74) is 0.518. The number of hydroxylamine groups is 1. The number of rotatable bonds is 3. The Bertz CT molecular complexity index is 251. The standard InChI is InChI=1S/C7H12N2O4/c1-4-5(2-3-6(10)11)7(12)9(8)13-4/h4,12H,2-3,8H2,1H3,(H,10,11). The van der Waals surface area contributed by atoms with Crippen molar-refractivity contribution in [2.24, 2.45) is 5.84 Å². The van der Waals surface area contributed by atoms with Crippen LogP contribution in [-0.4, -0.2) is 27.5 Å². The minimum atomic E-state index is -0.914. The fourth-order valence-electron chi connectivity index (χ4n) is 1.16. The van der Waals surface area contributed by atoms with Crippen molar-refractivity contribution >= 4 is 5.97 Å². The molecule has 0 fully saturated rings. The van der Waals surface area contributed by atoms with Gasteiger partial charge in [0.15, 0.2) is 0 Å². The lowest BCUT2D eigenvalue weighted by atomic mass is 10.1. The lowest BCUT2D eigenvalue weighted by Gasteiger charge is -2.09. The second-order valence-electron chi connectivity index (χ2n) is 2.82. The number of aliphatic hydroxyl groups is 1. The molecule has 1 unspecified atom stereocenters. The van der Waals surface area contributed by atoms with E-state index in [1.165, 1.54) is 0 Å². The number of hydrazine groups is 1. The molecule has 0 saturated heterocycles. The summed E-state index contributed by atoms with van der Waals surface area (Å²) in [6, 6.07) is 0. The van der Waals surface area contributed by atoms with Gasteiger partial charge in [0.2, 0.25) is 5.88 Å². The number of aliphatic hydroxyl groups excluding tert-OH is 1. The topological polar surface area (TPSA) is 96.0 Å². The van der Waals surface area contributed by atoms with Gasteiger partial charge >= 0.3 is 5.97 Å². The molecule has 1 aliphatic heterocycles. The lowest BCUT2D eigenvalue weighted by Crippen LogP contribution is -2.27. The Hall–Kier alpha value is -1.27. The van der Waals surface area contributed by atoms with Crippen molar-refractivity contribution in [2.75, 3.05) is 0 Å². The van der Waals surface area contributed by atoms with Crippen molar-refractivity contribution in [3.8, 4) is 0 Å². The Morgan fingerprint density at radius 2 is 2.38 bits per heavy atom. The van der Waals surface area contributed by atoms with Gasteiger partial charge in [-0.1, -0.05) is 0 Å². The van der Waals surface area contributed by atoms with E-state index < -0.39 is 5.97 Å². The quantitative estimate of drug-likeness (QED) is 0.545. The van der Waals surface area contributed by atoms with Gasteiger partial charge < -0.3 is 10.2 Å². The molecule has 13 heavy (non-hydrogen) atoms. The maximum atomic E-state index is 10.3. The van der Waals surface area contributed by atoms with Crippen LogP contribution >= 0.6 is 0 Å². The summed E-state index contributed by atoms with van der Waals surface area (Å²) in [5, 5.41) is 18.5. The van der Waals surface area contributed by atoms with E-state index in [1.807, 2.05) is 0 Å². The first-order valence-corrected chi connectivity index (χ1v) is 3.87. The van der Waals surface area contributed by atoms with Crippen molar-refractivity contribution in [1.82, 2.24) is 5.17 Å². The maximum Gasteiger partial charge on any atom is 0.303 e. The van der Waals surface area contributed by atoms with Crippen LogP contribution in [0.4, 0.5) is 0 Å². The minimum Gasteiger partial charge on any atom is -0.492 e. The fourth-order valence-corrected chi connectivity index (χ4v) is 1.16. The molecule has 0 bridgehead atoms. The molecule has 0 aliphatic carbocycles. The Morgan fingerprint density at radius 3 is 2.77 bits per heavy atom. The molecule has 0 spiro atoms. The van der Waals surface area contributed by atoms with Gasteiger partial charge in [-0.15, -0.1) is 0 Å². The Labute approximate surface area is 75.1 Å². The van der Waals surface area contributed by atoms with Crippen molar-refractivity contribution in [3.05, 3.63) is 11.5 Å². The van der Waals surface area contributed by atoms with Crippen LogP contribution in [0.1, 0.15) is 19.8 Å². The first-order valence-electron chi connectivity index (χ1n) is 3.87. The Kier molecular flexibility index (Phi) is 2.74. The second-order valence-corrected chi connectivity index (χ2v) is 2.82. The zero-order chi connectivity index (χ0) is 10.0. The van der Waals surface area contributed by atoms with Crippen LogP contribution in [0.3, 0.4) is 0 Å². The summed E-state index contributed by atoms with van der Waals surface area (Å²) in [4.78, 5) is 15.2. The molecule has 6 heteroatoms. The molecule has 0 saturated carbocycles. The molecule has 0 radical (unpaired) electrons. The van der Waals surface area contributed by atoms with Crippen LogP contribution in [-0.2, 0) is 9.63 Å². The van der Waals surface area contributed by atoms with E-state index in [2.05, 4.69) is 0 Å². The van der Waals surface area contributed by atoms with E-state index in [1.54, 1.807) is 6.92 Å². The van der Waals surface area contributed by atoms with Gasteiger partial charge in [0.1, 0.15) is 6.10 Å². The van der Waals surface area contributed by atoms with Gasteiger partial charge in [-0.3, -0.25) is 4.79 Å². The molecule has 1 heterocycles. The number of carboxylic acid groups (broad SMARTS) is 1. The smallest absolute Gasteiger partial charge is 0.303 e. The normalized spacial score (nSPS) is 22.6. The zero-order valence-electron chi connectivity index (χ0n) is 7.23. The third-order valence-corrected chi connectivity index (χ3v) is 1.87. The van der Waals surface area contributed by atoms with Gasteiger partial charge in [-0.05, 0) is 13.3 Å². The summed E-state index contributed by atoms with van der Waals surface area (Å²) in [6.45, 7) is 1.69. The second kappa shape index (κ2) is 3.63. The van der Waals surface area contributed by atoms with Gasteiger partial charge in [0.05, 0.1) is 0 Å². The molecule has 0 aromatic rings. The number of hydrogen-bond acceptors (Lipinski definition) is 5. The highest BCUT2D eigenvalue weighted by molar-refractivity contribution is 5.67. The van der Waals surface area contributed by atoms with E-state index in [0.29, 0.717) is 5.57 Å². The van der Waals surface area contributed by atoms with E-state index in [9.17, 15) is 9.90 Å². The summed E-state index contributed by atoms with van der Waals surface area (Å²) in [7, 11) is 0. The summed E-state index contributed by atoms with van der Waals surface area (Å²) in [6.07, 6.45) is -0.152. The van der Waals surface area contributed by atoms with Gasteiger partial charge in [-0.2, -0.15) is 5.17 Å². The highest BCUT2D eigenvalue weighted by Crippen LogP contribution is 2.24. The van der Waals surface area contributed by atoms with Crippen molar-refractivity contribution in [1.29, 1.82) is 0 Å². The number of nitrogens with two attached hydrogens (primary N) is 1. The summed E-state index contributed by atoms with van der Waals surface area (Å²) >= 11 is 0. The first-order chi connectivity index (χ1) is 6.02. The van der Waals surface area contributed by atoms with E-state index in [4.69, 9.17) is 15.8 Å². The minimum absolute atomic E-state index is 0.0407. The van der Waals surface area contributed by atoms with Crippen molar-refractivity contribution in [2.45, 2.75) is 25.9 Å². The van der Waals surface area contributed by atoms with Gasteiger partial charge in [0.25, 0.3) is 0 Å². The van der Waals surface area contributed by atoms with Crippen molar-refractivity contribution in [3.63, 3.8) is 0 Å². The van der Waals surface area contributed by atoms with Gasteiger partial charge in [0, 0.05) is 12.0 Å². The zero-order valence-corrected chi connectivity index (χ0v) is 7.23. The molecule has 0 aromatic heterocycles. The van der Waals surface area contributed by atoms with Gasteiger partial charge in [-0.25, -0.2) is 10.7 Å². The number of carboxylic acids is 1. The molecule has 1 rings (SSSR count). The Balaban J connectivity index is 2.61. The molecule has 1 atom stereocenters. The van der Waals surface area contributed by atoms with E-state index in [0.717, 1.165) is 5.17 Å². The van der Waals surface area contributed by atoms with Crippen LogP contribution in [0, 0.1) is 0 Å². The molecule has 74 valence electrons. The summed E-state index contributed by atoms with van der Waals surface area (Å²) in [5.74, 6) is 4.12.